The number of nitrogens with zero attached hydrogens (tertiary/aromatic N) is 1. The average Bonchev–Trinajstić information content (AvgIpc) is 3.10. The first-order valence-corrected chi connectivity index (χ1v) is 7.62. The van der Waals surface area contributed by atoms with Gasteiger partial charge in [0, 0.05) is 12.1 Å². The highest BCUT2D eigenvalue weighted by atomic mass is 32.1. The molecule has 104 valence electrons. The first-order chi connectivity index (χ1) is 10.3. The van der Waals surface area contributed by atoms with Gasteiger partial charge in [0.25, 0.3) is 0 Å². The molecule has 5 heteroatoms. The number of hydrogen-bond acceptors (Lipinski definition) is 4. The topological polar surface area (TPSA) is 54.0 Å². The number of benzene rings is 2. The van der Waals surface area contributed by atoms with E-state index in [-0.39, 0.29) is 11.9 Å². The second-order valence-corrected chi connectivity index (χ2v) is 6.06. The number of para-hydroxylation sites is 2. The van der Waals surface area contributed by atoms with Gasteiger partial charge in [-0.15, -0.1) is 0 Å². The van der Waals surface area contributed by atoms with Crippen LogP contribution in [0.25, 0.3) is 10.2 Å². The summed E-state index contributed by atoms with van der Waals surface area (Å²) in [5, 5.41) is 6.82. The van der Waals surface area contributed by atoms with Crippen molar-refractivity contribution in [1.82, 2.24) is 4.98 Å². The molecule has 2 heterocycles. The van der Waals surface area contributed by atoms with E-state index in [1.165, 1.54) is 16.9 Å². The van der Waals surface area contributed by atoms with E-state index in [4.69, 9.17) is 0 Å². The first-order valence-electron chi connectivity index (χ1n) is 6.80. The molecule has 2 N–H and O–H groups in total. The van der Waals surface area contributed by atoms with Gasteiger partial charge in [0.15, 0.2) is 5.13 Å². The molecular formula is C16H13N3OS. The molecule has 1 atom stereocenters. The molecule has 0 bridgehead atoms. The Hall–Kier alpha value is -2.40. The Kier molecular flexibility index (Phi) is 2.86. The Labute approximate surface area is 125 Å². The van der Waals surface area contributed by atoms with Crippen molar-refractivity contribution in [2.75, 3.05) is 10.6 Å². The van der Waals surface area contributed by atoms with Crippen LogP contribution in [0.2, 0.25) is 0 Å². The van der Waals surface area contributed by atoms with Crippen LogP contribution in [0.5, 0.6) is 0 Å². The minimum absolute atomic E-state index is 0.0368. The van der Waals surface area contributed by atoms with Gasteiger partial charge < -0.3 is 10.6 Å². The third-order valence-electron chi connectivity index (χ3n) is 3.61. The zero-order chi connectivity index (χ0) is 14.2. The minimum Gasteiger partial charge on any atom is -0.373 e. The molecule has 21 heavy (non-hydrogen) atoms. The van der Waals surface area contributed by atoms with E-state index in [0.29, 0.717) is 11.6 Å². The Morgan fingerprint density at radius 3 is 2.86 bits per heavy atom. The van der Waals surface area contributed by atoms with Gasteiger partial charge in [-0.25, -0.2) is 4.98 Å². The van der Waals surface area contributed by atoms with Crippen molar-refractivity contribution < 1.29 is 4.79 Å². The quantitative estimate of drug-likeness (QED) is 0.763. The zero-order valence-corrected chi connectivity index (χ0v) is 12.0. The molecule has 1 amide bonds. The highest BCUT2D eigenvalue weighted by Gasteiger charge is 2.26. The number of nitrogens with one attached hydrogen (secondary N) is 2. The fraction of sp³-hybridized carbons (Fsp3) is 0.125. The number of carbonyl (C=O) groups excluding carboxylic acids is 1. The van der Waals surface area contributed by atoms with Crippen molar-refractivity contribution in [3.63, 3.8) is 0 Å². The third kappa shape index (κ3) is 2.25. The van der Waals surface area contributed by atoms with E-state index in [1.807, 2.05) is 48.5 Å². The smallest absolute Gasteiger partial charge is 0.248 e. The molecule has 1 aliphatic heterocycles. The normalized spacial score (nSPS) is 16.5. The Bertz CT molecular complexity index is 769. The molecule has 0 saturated heterocycles. The van der Waals surface area contributed by atoms with E-state index in [2.05, 4.69) is 15.6 Å². The predicted octanol–water partition coefficient (Wildman–Crippen LogP) is 3.27. The highest BCUT2D eigenvalue weighted by Crippen LogP contribution is 2.28. The molecule has 1 unspecified atom stereocenters. The number of hydrogen-bond donors (Lipinski definition) is 2. The van der Waals surface area contributed by atoms with Crippen LogP contribution in [0.4, 0.5) is 10.8 Å². The molecule has 0 fully saturated rings. The summed E-state index contributed by atoms with van der Waals surface area (Å²) in [5.74, 6) is -0.0368. The number of rotatable bonds is 2. The molecule has 4 rings (SSSR count). The van der Waals surface area contributed by atoms with Gasteiger partial charge in [-0.2, -0.15) is 0 Å². The van der Waals surface area contributed by atoms with E-state index < -0.39 is 0 Å². The summed E-state index contributed by atoms with van der Waals surface area (Å²) in [5.41, 5.74) is 3.14. The zero-order valence-electron chi connectivity index (χ0n) is 11.2. The molecule has 1 aliphatic rings. The third-order valence-corrected chi connectivity index (χ3v) is 4.56. The van der Waals surface area contributed by atoms with Crippen LogP contribution < -0.4 is 10.6 Å². The maximum atomic E-state index is 12.4. The summed E-state index contributed by atoms with van der Waals surface area (Å²) in [6.45, 7) is 0. The van der Waals surface area contributed by atoms with E-state index in [1.54, 1.807) is 0 Å². The number of amides is 1. The van der Waals surface area contributed by atoms with E-state index in [0.717, 1.165) is 15.9 Å². The van der Waals surface area contributed by atoms with Crippen LogP contribution in [0.15, 0.2) is 48.5 Å². The van der Waals surface area contributed by atoms with Gasteiger partial charge in [-0.05, 0) is 23.8 Å². The number of aromatic nitrogens is 1. The monoisotopic (exact) mass is 295 g/mol. The molecule has 0 saturated carbocycles. The maximum Gasteiger partial charge on any atom is 0.248 e. The van der Waals surface area contributed by atoms with E-state index >= 15 is 0 Å². The lowest BCUT2D eigenvalue weighted by Gasteiger charge is -2.09. The van der Waals surface area contributed by atoms with Crippen LogP contribution in [0.1, 0.15) is 5.56 Å². The fourth-order valence-electron chi connectivity index (χ4n) is 2.57. The minimum atomic E-state index is -0.227. The maximum absolute atomic E-state index is 12.4. The second kappa shape index (κ2) is 4.86. The molecular weight excluding hydrogens is 282 g/mol. The van der Waals surface area contributed by atoms with Crippen LogP contribution >= 0.6 is 11.3 Å². The molecule has 0 spiro atoms. The van der Waals surface area contributed by atoms with Gasteiger partial charge in [0.1, 0.15) is 6.04 Å². The lowest BCUT2D eigenvalue weighted by Crippen LogP contribution is -2.32. The Morgan fingerprint density at radius 2 is 2.00 bits per heavy atom. The first kappa shape index (κ1) is 12.3. The number of fused-ring (bicyclic) bond motifs is 2. The lowest BCUT2D eigenvalue weighted by atomic mass is 10.1. The number of thiazole rings is 1. The summed E-state index contributed by atoms with van der Waals surface area (Å²) >= 11 is 1.50. The van der Waals surface area contributed by atoms with Gasteiger partial charge >= 0.3 is 0 Å². The SMILES string of the molecule is O=C(Nc1nc2ccccc2s1)C1Cc2ccccc2N1. The van der Waals surface area contributed by atoms with Gasteiger partial charge in [-0.3, -0.25) is 4.79 Å². The number of anilines is 2. The fourth-order valence-corrected chi connectivity index (χ4v) is 3.44. The molecule has 3 aromatic rings. The average molecular weight is 295 g/mol. The predicted molar refractivity (Wildman–Crippen MR) is 85.8 cm³/mol. The van der Waals surface area contributed by atoms with Crippen LogP contribution in [-0.2, 0) is 11.2 Å². The lowest BCUT2D eigenvalue weighted by molar-refractivity contribution is -0.116. The van der Waals surface area contributed by atoms with E-state index in [9.17, 15) is 4.79 Å². The van der Waals surface area contributed by atoms with Crippen LogP contribution in [0.3, 0.4) is 0 Å². The Balaban J connectivity index is 1.52. The van der Waals surface area contributed by atoms with Crippen LogP contribution in [0, 0.1) is 0 Å². The van der Waals surface area contributed by atoms with Crippen molar-refractivity contribution in [3.05, 3.63) is 54.1 Å². The molecule has 0 radical (unpaired) electrons. The van der Waals surface area contributed by atoms with Gasteiger partial charge in [0.2, 0.25) is 5.91 Å². The van der Waals surface area contributed by atoms with Crippen molar-refractivity contribution in [2.24, 2.45) is 0 Å². The van der Waals surface area contributed by atoms with Crippen molar-refractivity contribution >= 4 is 38.3 Å². The second-order valence-electron chi connectivity index (χ2n) is 5.03. The highest BCUT2D eigenvalue weighted by molar-refractivity contribution is 7.22. The van der Waals surface area contributed by atoms with Crippen molar-refractivity contribution in [3.8, 4) is 0 Å². The van der Waals surface area contributed by atoms with Crippen molar-refractivity contribution in [2.45, 2.75) is 12.5 Å². The molecule has 4 nitrogen and oxygen atoms in total. The summed E-state index contributed by atoms with van der Waals surface area (Å²) in [6.07, 6.45) is 0.715. The summed E-state index contributed by atoms with van der Waals surface area (Å²) in [6, 6.07) is 15.7. The Morgan fingerprint density at radius 1 is 1.19 bits per heavy atom. The summed E-state index contributed by atoms with van der Waals surface area (Å²) in [4.78, 5) is 16.8. The standard InChI is InChI=1S/C16H13N3OS/c20-15(13-9-10-5-1-2-6-11(10)17-13)19-16-18-12-7-3-4-8-14(12)21-16/h1-8,13,17H,9H2,(H,18,19,20). The summed E-state index contributed by atoms with van der Waals surface area (Å²) in [7, 11) is 0. The van der Waals surface area contributed by atoms with Crippen LogP contribution in [-0.4, -0.2) is 16.9 Å². The molecule has 2 aromatic carbocycles. The molecule has 0 aliphatic carbocycles. The molecule has 1 aromatic heterocycles. The van der Waals surface area contributed by atoms with Gasteiger partial charge in [0.05, 0.1) is 10.2 Å². The van der Waals surface area contributed by atoms with Gasteiger partial charge in [-0.1, -0.05) is 41.7 Å². The van der Waals surface area contributed by atoms with Crippen molar-refractivity contribution in [1.29, 1.82) is 0 Å². The number of carbonyl (C=O) groups is 1. The summed E-state index contributed by atoms with van der Waals surface area (Å²) < 4.78 is 1.08. The largest absolute Gasteiger partial charge is 0.373 e.